The molecule has 1 unspecified atom stereocenters. The molecule has 0 bridgehead atoms. The molecule has 0 aliphatic rings. The number of fused-ring (bicyclic) bond motifs is 1. The summed E-state index contributed by atoms with van der Waals surface area (Å²) in [4.78, 5) is 40.8. The first-order valence-electron chi connectivity index (χ1n) is 8.18. The number of azo groups is 1. The molecule has 0 fully saturated rings. The second-order valence-corrected chi connectivity index (χ2v) is 5.85. The number of Topliss-reactive ketones (excluding diaryl/α,β-unsaturated/α-hetero) is 1. The normalized spacial score (nSPS) is 12.2. The maximum atomic E-state index is 12.4. The fourth-order valence-electron chi connectivity index (χ4n) is 2.46. The summed E-state index contributed by atoms with van der Waals surface area (Å²) in [6, 6.07) is 10.7. The van der Waals surface area contributed by atoms with Crippen molar-refractivity contribution in [3.63, 3.8) is 0 Å². The zero-order valence-corrected chi connectivity index (χ0v) is 14.7. The topological polar surface area (TPSA) is 132 Å². The highest BCUT2D eigenvalue weighted by Crippen LogP contribution is 2.18. The van der Waals surface area contributed by atoms with Gasteiger partial charge in [-0.1, -0.05) is 0 Å². The number of hydrogen-bond donors (Lipinski definition) is 4. The van der Waals surface area contributed by atoms with Crippen molar-refractivity contribution in [1.29, 1.82) is 0 Å². The van der Waals surface area contributed by atoms with Gasteiger partial charge in [-0.15, -0.1) is 0 Å². The SMILES string of the molecule is CNc1ccc(/N=N/C(C(C)=O)C(=O)Nc2ccc3[nH]c(=O)[nH]c3c2)cc1. The van der Waals surface area contributed by atoms with E-state index in [0.29, 0.717) is 22.4 Å². The summed E-state index contributed by atoms with van der Waals surface area (Å²) >= 11 is 0. The number of H-pyrrole nitrogens is 2. The third kappa shape index (κ3) is 4.27. The van der Waals surface area contributed by atoms with E-state index >= 15 is 0 Å². The Morgan fingerprint density at radius 3 is 2.33 bits per heavy atom. The lowest BCUT2D eigenvalue weighted by Gasteiger charge is -2.09. The van der Waals surface area contributed by atoms with E-state index in [9.17, 15) is 14.4 Å². The van der Waals surface area contributed by atoms with E-state index in [4.69, 9.17) is 0 Å². The lowest BCUT2D eigenvalue weighted by Crippen LogP contribution is -2.31. The molecule has 0 aliphatic carbocycles. The van der Waals surface area contributed by atoms with E-state index in [1.807, 2.05) is 12.1 Å². The summed E-state index contributed by atoms with van der Waals surface area (Å²) in [6.45, 7) is 1.28. The first-order valence-corrected chi connectivity index (χ1v) is 8.18. The van der Waals surface area contributed by atoms with Crippen LogP contribution in [0.5, 0.6) is 0 Å². The molecule has 138 valence electrons. The number of amides is 1. The molecule has 0 spiro atoms. The zero-order chi connectivity index (χ0) is 19.4. The standard InChI is InChI=1S/C18H18N6O3/c1-10(25)16(24-23-12-5-3-11(19-2)4-6-12)17(26)20-13-7-8-14-15(9-13)22-18(27)21-14/h3-9,16,19H,1-2H3,(H,20,26)(H2,21,22,27)/b24-23+. The molecule has 1 aromatic heterocycles. The predicted octanol–water partition coefficient (Wildman–Crippen LogP) is 2.58. The highest BCUT2D eigenvalue weighted by molar-refractivity contribution is 6.10. The van der Waals surface area contributed by atoms with Crippen molar-refractivity contribution in [2.24, 2.45) is 10.2 Å². The van der Waals surface area contributed by atoms with E-state index in [-0.39, 0.29) is 5.69 Å². The van der Waals surface area contributed by atoms with Gasteiger partial charge in [0.1, 0.15) is 0 Å². The van der Waals surface area contributed by atoms with Gasteiger partial charge >= 0.3 is 5.69 Å². The van der Waals surface area contributed by atoms with Crippen LogP contribution in [0.1, 0.15) is 6.92 Å². The summed E-state index contributed by atoms with van der Waals surface area (Å²) in [5.74, 6) is -1.03. The van der Waals surface area contributed by atoms with Gasteiger partial charge in [0.25, 0.3) is 5.91 Å². The average Bonchev–Trinajstić information content (AvgIpc) is 3.01. The Labute approximate surface area is 153 Å². The van der Waals surface area contributed by atoms with Crippen LogP contribution in [-0.2, 0) is 9.59 Å². The fraction of sp³-hybridized carbons (Fsp3) is 0.167. The number of carbonyl (C=O) groups excluding carboxylic acids is 2. The van der Waals surface area contributed by atoms with Crippen molar-refractivity contribution in [2.75, 3.05) is 17.7 Å². The number of benzene rings is 2. The highest BCUT2D eigenvalue weighted by atomic mass is 16.2. The molecular formula is C18H18N6O3. The second kappa shape index (κ2) is 7.65. The third-order valence-electron chi connectivity index (χ3n) is 3.86. The first-order chi connectivity index (χ1) is 13.0. The molecule has 1 heterocycles. The molecular weight excluding hydrogens is 348 g/mol. The third-order valence-corrected chi connectivity index (χ3v) is 3.86. The van der Waals surface area contributed by atoms with Crippen molar-refractivity contribution >= 4 is 39.8 Å². The van der Waals surface area contributed by atoms with Crippen LogP contribution in [0.3, 0.4) is 0 Å². The van der Waals surface area contributed by atoms with Crippen LogP contribution in [0, 0.1) is 0 Å². The van der Waals surface area contributed by atoms with Gasteiger partial charge in [-0.25, -0.2) is 4.79 Å². The van der Waals surface area contributed by atoms with Crippen LogP contribution in [0.25, 0.3) is 11.0 Å². The quantitative estimate of drug-likeness (QED) is 0.394. The number of aromatic nitrogens is 2. The van der Waals surface area contributed by atoms with E-state index in [1.165, 1.54) is 6.92 Å². The van der Waals surface area contributed by atoms with Crippen LogP contribution in [0.15, 0.2) is 57.5 Å². The van der Waals surface area contributed by atoms with Gasteiger partial charge < -0.3 is 20.6 Å². The predicted molar refractivity (Wildman–Crippen MR) is 103 cm³/mol. The number of rotatable bonds is 6. The molecule has 0 radical (unpaired) electrons. The van der Waals surface area contributed by atoms with Crippen molar-refractivity contribution in [3.05, 3.63) is 52.9 Å². The van der Waals surface area contributed by atoms with Crippen molar-refractivity contribution in [1.82, 2.24) is 9.97 Å². The van der Waals surface area contributed by atoms with Crippen LogP contribution in [-0.4, -0.2) is 34.7 Å². The lowest BCUT2D eigenvalue weighted by molar-refractivity contribution is -0.126. The van der Waals surface area contributed by atoms with E-state index in [1.54, 1.807) is 37.4 Å². The molecule has 0 saturated carbocycles. The number of imidazole rings is 1. The molecule has 9 nitrogen and oxygen atoms in total. The Kier molecular flexibility index (Phi) is 5.11. The fourth-order valence-corrected chi connectivity index (χ4v) is 2.46. The Morgan fingerprint density at radius 1 is 1.00 bits per heavy atom. The van der Waals surface area contributed by atoms with Crippen LogP contribution in [0.4, 0.5) is 17.1 Å². The van der Waals surface area contributed by atoms with Crippen LogP contribution in [0.2, 0.25) is 0 Å². The minimum Gasteiger partial charge on any atom is -0.388 e. The molecule has 27 heavy (non-hydrogen) atoms. The summed E-state index contributed by atoms with van der Waals surface area (Å²) in [7, 11) is 1.80. The summed E-state index contributed by atoms with van der Waals surface area (Å²) in [5, 5.41) is 13.5. The zero-order valence-electron chi connectivity index (χ0n) is 14.7. The Balaban J connectivity index is 1.76. The molecule has 1 amide bonds. The minimum atomic E-state index is -1.27. The van der Waals surface area contributed by atoms with Crippen LogP contribution >= 0.6 is 0 Å². The minimum absolute atomic E-state index is 0.340. The average molecular weight is 366 g/mol. The maximum absolute atomic E-state index is 12.4. The molecule has 0 aliphatic heterocycles. The monoisotopic (exact) mass is 366 g/mol. The Bertz CT molecular complexity index is 1060. The number of hydrogen-bond acceptors (Lipinski definition) is 6. The Morgan fingerprint density at radius 2 is 1.67 bits per heavy atom. The van der Waals surface area contributed by atoms with Crippen LogP contribution < -0.4 is 16.3 Å². The lowest BCUT2D eigenvalue weighted by atomic mass is 10.2. The number of carbonyl (C=O) groups is 2. The van der Waals surface area contributed by atoms with Gasteiger partial charge in [0, 0.05) is 18.4 Å². The number of aromatic amines is 2. The van der Waals surface area contributed by atoms with Crippen molar-refractivity contribution in [2.45, 2.75) is 13.0 Å². The highest BCUT2D eigenvalue weighted by Gasteiger charge is 2.23. The van der Waals surface area contributed by atoms with Gasteiger partial charge in [-0.05, 0) is 49.4 Å². The van der Waals surface area contributed by atoms with Gasteiger partial charge in [0.2, 0.25) is 6.04 Å². The number of nitrogens with zero attached hydrogens (tertiary/aromatic N) is 2. The van der Waals surface area contributed by atoms with Gasteiger partial charge in [-0.3, -0.25) is 9.59 Å². The molecule has 4 N–H and O–H groups in total. The number of anilines is 2. The Hall–Kier alpha value is -3.75. The first kappa shape index (κ1) is 18.1. The van der Waals surface area contributed by atoms with Crippen molar-refractivity contribution < 1.29 is 9.59 Å². The smallest absolute Gasteiger partial charge is 0.323 e. The summed E-state index contributed by atoms with van der Waals surface area (Å²) in [6.07, 6.45) is 0. The second-order valence-electron chi connectivity index (χ2n) is 5.85. The molecule has 2 aromatic carbocycles. The van der Waals surface area contributed by atoms with Crippen molar-refractivity contribution in [3.8, 4) is 0 Å². The summed E-state index contributed by atoms with van der Waals surface area (Å²) < 4.78 is 0. The number of ketones is 1. The van der Waals surface area contributed by atoms with E-state index in [0.717, 1.165) is 5.69 Å². The maximum Gasteiger partial charge on any atom is 0.323 e. The molecule has 0 saturated heterocycles. The number of nitrogens with one attached hydrogen (secondary N) is 4. The van der Waals surface area contributed by atoms with E-state index in [2.05, 4.69) is 30.8 Å². The largest absolute Gasteiger partial charge is 0.388 e. The van der Waals surface area contributed by atoms with Gasteiger partial charge in [0.05, 0.1) is 16.7 Å². The molecule has 3 rings (SSSR count). The molecule has 3 aromatic rings. The van der Waals surface area contributed by atoms with Gasteiger partial charge in [0.15, 0.2) is 5.78 Å². The summed E-state index contributed by atoms with van der Waals surface area (Å²) in [5.41, 5.74) is 2.69. The molecule has 9 heteroatoms. The molecule has 1 atom stereocenters. The van der Waals surface area contributed by atoms with E-state index < -0.39 is 17.7 Å². The van der Waals surface area contributed by atoms with Gasteiger partial charge in [-0.2, -0.15) is 10.2 Å².